The Hall–Kier alpha value is -2.02. The summed E-state index contributed by atoms with van der Waals surface area (Å²) in [6.07, 6.45) is -4.60. The third-order valence-corrected chi connectivity index (χ3v) is 4.23. The molecule has 2 aliphatic heterocycles. The minimum absolute atomic E-state index is 0.103. The molecule has 0 radical (unpaired) electrons. The largest absolute Gasteiger partial charge is 0.465 e. The first-order chi connectivity index (χ1) is 10.3. The van der Waals surface area contributed by atoms with Crippen molar-refractivity contribution in [2.24, 2.45) is 0 Å². The number of hydrogen-bond acceptors (Lipinski definition) is 2. The van der Waals surface area contributed by atoms with E-state index in [2.05, 4.69) is 6.58 Å². The normalized spacial score (nSPS) is 23.9. The standard InChI is InChI=1S/C15H14F3NO3/c1-2-8-3-9-10-5-19(14(20)21)6-13(10)22-7-11(9)12(4-8)15(16,17)18/h2-4,10,13H,1,5-7H2,(H,20,21). The van der Waals surface area contributed by atoms with Crippen molar-refractivity contribution in [1.82, 2.24) is 4.90 Å². The van der Waals surface area contributed by atoms with Crippen LogP contribution in [0.25, 0.3) is 6.08 Å². The van der Waals surface area contributed by atoms with Crippen LogP contribution in [0.15, 0.2) is 18.7 Å². The zero-order valence-corrected chi connectivity index (χ0v) is 11.6. The van der Waals surface area contributed by atoms with Crippen LogP contribution in [0.5, 0.6) is 0 Å². The zero-order chi connectivity index (χ0) is 16.1. The topological polar surface area (TPSA) is 49.8 Å². The maximum atomic E-state index is 13.2. The minimum atomic E-state index is -4.48. The van der Waals surface area contributed by atoms with E-state index in [0.717, 1.165) is 6.07 Å². The highest BCUT2D eigenvalue weighted by molar-refractivity contribution is 5.66. The van der Waals surface area contributed by atoms with Crippen LogP contribution in [0, 0.1) is 0 Å². The molecule has 0 spiro atoms. The Kier molecular flexibility index (Phi) is 3.40. The Bertz CT molecular complexity index is 642. The van der Waals surface area contributed by atoms with E-state index >= 15 is 0 Å². The van der Waals surface area contributed by atoms with Crippen LogP contribution < -0.4 is 0 Å². The monoisotopic (exact) mass is 313 g/mol. The Morgan fingerprint density at radius 3 is 2.73 bits per heavy atom. The number of carbonyl (C=O) groups is 1. The zero-order valence-electron chi connectivity index (χ0n) is 11.6. The highest BCUT2D eigenvalue weighted by Crippen LogP contribution is 2.43. The predicted octanol–water partition coefficient (Wildman–Crippen LogP) is 3.32. The molecule has 4 nitrogen and oxygen atoms in total. The van der Waals surface area contributed by atoms with Gasteiger partial charge in [0.2, 0.25) is 0 Å². The number of hydrogen-bond donors (Lipinski definition) is 1. The SMILES string of the molecule is C=Cc1cc2c(c(C(F)(F)F)c1)COC1CN(C(=O)O)CC21. The average Bonchev–Trinajstić information content (AvgIpc) is 2.89. The lowest BCUT2D eigenvalue weighted by Gasteiger charge is -2.30. The lowest BCUT2D eigenvalue weighted by Crippen LogP contribution is -2.30. The molecule has 0 bridgehead atoms. The third-order valence-electron chi connectivity index (χ3n) is 4.23. The summed E-state index contributed by atoms with van der Waals surface area (Å²) >= 11 is 0. The molecule has 1 aromatic rings. The molecule has 118 valence electrons. The fourth-order valence-corrected chi connectivity index (χ4v) is 3.17. The highest BCUT2D eigenvalue weighted by Gasteiger charge is 2.44. The van der Waals surface area contributed by atoms with E-state index in [9.17, 15) is 18.0 Å². The molecule has 1 fully saturated rings. The van der Waals surface area contributed by atoms with Crippen molar-refractivity contribution in [2.45, 2.75) is 24.8 Å². The Balaban J connectivity index is 2.09. The van der Waals surface area contributed by atoms with Crippen LogP contribution >= 0.6 is 0 Å². The van der Waals surface area contributed by atoms with E-state index in [1.807, 2.05) is 0 Å². The van der Waals surface area contributed by atoms with E-state index < -0.39 is 23.9 Å². The number of rotatable bonds is 1. The second kappa shape index (κ2) is 5.01. The van der Waals surface area contributed by atoms with Crippen molar-refractivity contribution in [3.8, 4) is 0 Å². The van der Waals surface area contributed by atoms with Gasteiger partial charge in [0.25, 0.3) is 0 Å². The van der Waals surface area contributed by atoms with Gasteiger partial charge in [0.15, 0.2) is 0 Å². The Labute approximate surface area is 124 Å². The molecule has 1 aromatic carbocycles. The molecule has 3 rings (SSSR count). The summed E-state index contributed by atoms with van der Waals surface area (Å²) in [6.45, 7) is 3.70. The fourth-order valence-electron chi connectivity index (χ4n) is 3.17. The molecule has 0 aliphatic carbocycles. The molecular formula is C15H14F3NO3. The van der Waals surface area contributed by atoms with Crippen LogP contribution in [0.3, 0.4) is 0 Å². The number of halogens is 3. The third kappa shape index (κ3) is 2.35. The first-order valence-corrected chi connectivity index (χ1v) is 6.77. The van der Waals surface area contributed by atoms with Crippen LogP contribution in [0.1, 0.15) is 28.2 Å². The number of fused-ring (bicyclic) bond motifs is 3. The van der Waals surface area contributed by atoms with Crippen LogP contribution in [-0.4, -0.2) is 35.3 Å². The van der Waals surface area contributed by atoms with E-state index in [-0.39, 0.29) is 31.2 Å². The lowest BCUT2D eigenvalue weighted by molar-refractivity contribution is -0.139. The average molecular weight is 313 g/mol. The summed E-state index contributed by atoms with van der Waals surface area (Å²) in [7, 11) is 0. The fraction of sp³-hybridized carbons (Fsp3) is 0.400. The smallest absolute Gasteiger partial charge is 0.416 e. The van der Waals surface area contributed by atoms with E-state index in [0.29, 0.717) is 11.1 Å². The predicted molar refractivity (Wildman–Crippen MR) is 72.5 cm³/mol. The number of nitrogens with zero attached hydrogens (tertiary/aromatic N) is 1. The molecule has 1 saturated heterocycles. The van der Waals surface area contributed by atoms with Gasteiger partial charge in [0.1, 0.15) is 0 Å². The van der Waals surface area contributed by atoms with E-state index in [1.54, 1.807) is 6.07 Å². The van der Waals surface area contributed by atoms with Crippen molar-refractivity contribution in [3.05, 3.63) is 41.0 Å². The van der Waals surface area contributed by atoms with Gasteiger partial charge in [0, 0.05) is 12.5 Å². The summed E-state index contributed by atoms with van der Waals surface area (Å²) in [5, 5.41) is 9.07. The van der Waals surface area contributed by atoms with Gasteiger partial charge in [-0.3, -0.25) is 0 Å². The number of benzene rings is 1. The van der Waals surface area contributed by atoms with Gasteiger partial charge >= 0.3 is 12.3 Å². The minimum Gasteiger partial charge on any atom is -0.465 e. The van der Waals surface area contributed by atoms with Crippen molar-refractivity contribution in [1.29, 1.82) is 0 Å². The van der Waals surface area contributed by atoms with Gasteiger partial charge in [0.05, 0.1) is 24.8 Å². The van der Waals surface area contributed by atoms with Gasteiger partial charge < -0.3 is 14.7 Å². The molecule has 0 aromatic heterocycles. The summed E-state index contributed by atoms with van der Waals surface area (Å²) in [5.41, 5.74) is 0.268. The molecule has 2 aliphatic rings. The van der Waals surface area contributed by atoms with Gasteiger partial charge in [-0.2, -0.15) is 13.2 Å². The number of carboxylic acid groups (broad SMARTS) is 1. The van der Waals surface area contributed by atoms with Gasteiger partial charge in [-0.15, -0.1) is 0 Å². The van der Waals surface area contributed by atoms with Gasteiger partial charge in [-0.1, -0.05) is 18.7 Å². The maximum Gasteiger partial charge on any atom is 0.416 e. The summed E-state index contributed by atoms with van der Waals surface area (Å²) < 4.78 is 45.2. The molecule has 0 saturated carbocycles. The first-order valence-electron chi connectivity index (χ1n) is 6.77. The van der Waals surface area contributed by atoms with Crippen molar-refractivity contribution >= 4 is 12.2 Å². The summed E-state index contributed by atoms with van der Waals surface area (Å²) in [4.78, 5) is 12.3. The molecule has 2 heterocycles. The molecule has 22 heavy (non-hydrogen) atoms. The van der Waals surface area contributed by atoms with Gasteiger partial charge in [-0.05, 0) is 22.8 Å². The van der Waals surface area contributed by atoms with Gasteiger partial charge in [-0.25, -0.2) is 4.79 Å². The Morgan fingerprint density at radius 2 is 2.14 bits per heavy atom. The van der Waals surface area contributed by atoms with Crippen LogP contribution in [-0.2, 0) is 17.5 Å². The molecule has 1 amide bonds. The van der Waals surface area contributed by atoms with E-state index in [4.69, 9.17) is 9.84 Å². The first kappa shape index (κ1) is 14.9. The number of alkyl halides is 3. The molecule has 7 heteroatoms. The highest BCUT2D eigenvalue weighted by atomic mass is 19.4. The van der Waals surface area contributed by atoms with Crippen molar-refractivity contribution in [3.63, 3.8) is 0 Å². The van der Waals surface area contributed by atoms with Crippen molar-refractivity contribution < 1.29 is 27.8 Å². The Morgan fingerprint density at radius 1 is 1.41 bits per heavy atom. The lowest BCUT2D eigenvalue weighted by atomic mass is 9.85. The van der Waals surface area contributed by atoms with Crippen LogP contribution in [0.4, 0.5) is 18.0 Å². The molecule has 2 unspecified atom stereocenters. The number of amides is 1. The van der Waals surface area contributed by atoms with Crippen LogP contribution in [0.2, 0.25) is 0 Å². The molecular weight excluding hydrogens is 299 g/mol. The number of ether oxygens (including phenoxy) is 1. The maximum absolute atomic E-state index is 13.2. The summed E-state index contributed by atoms with van der Waals surface area (Å²) in [6, 6.07) is 2.71. The summed E-state index contributed by atoms with van der Waals surface area (Å²) in [5.74, 6) is -0.374. The van der Waals surface area contributed by atoms with E-state index in [1.165, 1.54) is 11.0 Å². The molecule has 2 atom stereocenters. The van der Waals surface area contributed by atoms with Crippen molar-refractivity contribution in [2.75, 3.05) is 13.1 Å². The molecule has 1 N–H and O–H groups in total. The second-order valence-electron chi connectivity index (χ2n) is 5.48. The number of likely N-dealkylation sites (tertiary alicyclic amines) is 1. The quantitative estimate of drug-likeness (QED) is 0.865. The second-order valence-corrected chi connectivity index (χ2v) is 5.48.